The molecule has 24 heavy (non-hydrogen) atoms. The van der Waals surface area contributed by atoms with Gasteiger partial charge in [0.15, 0.2) is 0 Å². The predicted octanol–water partition coefficient (Wildman–Crippen LogP) is 2.23. The number of fused-ring (bicyclic) bond motifs is 1. The second-order valence-corrected chi connectivity index (χ2v) is 5.36. The van der Waals surface area contributed by atoms with E-state index in [9.17, 15) is 9.59 Å². The number of anilines is 2. The van der Waals surface area contributed by atoms with E-state index in [-0.39, 0.29) is 0 Å². The van der Waals surface area contributed by atoms with Gasteiger partial charge in [-0.25, -0.2) is 0 Å². The van der Waals surface area contributed by atoms with Crippen LogP contribution in [-0.4, -0.2) is 32.6 Å². The number of rotatable bonds is 3. The Morgan fingerprint density at radius 2 is 1.88 bits per heavy atom. The number of nitrogens with zero attached hydrogens (tertiary/aromatic N) is 1. The average Bonchev–Trinajstić information content (AvgIpc) is 3.05. The molecule has 0 spiro atoms. The molecule has 3 rings (SSSR count). The molecule has 0 saturated heterocycles. The van der Waals surface area contributed by atoms with Crippen LogP contribution < -0.4 is 19.7 Å². The maximum Gasteiger partial charge on any atom is 0.316 e. The molecule has 0 saturated carbocycles. The molecule has 0 aromatic heterocycles. The van der Waals surface area contributed by atoms with Crippen LogP contribution in [0.3, 0.4) is 0 Å². The Labute approximate surface area is 140 Å². The molecule has 2 amide bonds. The number of carbonyl (C=O) groups excluding carboxylic acids is 2. The van der Waals surface area contributed by atoms with Gasteiger partial charge in [-0.2, -0.15) is 0 Å². The number of amides is 2. The molecule has 0 radical (unpaired) electrons. The van der Waals surface area contributed by atoms with Crippen LogP contribution in [0.5, 0.6) is 11.5 Å². The van der Waals surface area contributed by atoms with Crippen molar-refractivity contribution in [1.29, 1.82) is 0 Å². The number of hydrogen-bond donors (Lipinski definition) is 1. The quantitative estimate of drug-likeness (QED) is 0.878. The molecule has 0 unspecified atom stereocenters. The molecule has 0 bridgehead atoms. The number of carbonyl (C=O) groups is 2. The molecule has 0 aliphatic carbocycles. The SMILES string of the molecule is COc1ccc(NC(=O)C(=O)N2CCc3ccccc32)c(OC)c1. The van der Waals surface area contributed by atoms with Crippen LogP contribution in [0.4, 0.5) is 11.4 Å². The predicted molar refractivity (Wildman–Crippen MR) is 90.7 cm³/mol. The summed E-state index contributed by atoms with van der Waals surface area (Å²) in [5.41, 5.74) is 2.28. The zero-order chi connectivity index (χ0) is 17.1. The summed E-state index contributed by atoms with van der Waals surface area (Å²) in [5, 5.41) is 2.61. The Morgan fingerprint density at radius 1 is 1.08 bits per heavy atom. The van der Waals surface area contributed by atoms with Gasteiger partial charge >= 0.3 is 11.8 Å². The molecule has 6 nitrogen and oxygen atoms in total. The van der Waals surface area contributed by atoms with Crippen molar-refractivity contribution >= 4 is 23.2 Å². The first-order valence-electron chi connectivity index (χ1n) is 7.57. The fraction of sp³-hybridized carbons (Fsp3) is 0.222. The zero-order valence-corrected chi connectivity index (χ0v) is 13.5. The maximum atomic E-state index is 12.5. The molecule has 124 valence electrons. The molecule has 1 aliphatic heterocycles. The molecule has 2 aromatic rings. The van der Waals surface area contributed by atoms with Crippen LogP contribution in [0.15, 0.2) is 42.5 Å². The highest BCUT2D eigenvalue weighted by Gasteiger charge is 2.29. The third-order valence-electron chi connectivity index (χ3n) is 3.98. The molecule has 0 atom stereocenters. The summed E-state index contributed by atoms with van der Waals surface area (Å²) >= 11 is 0. The largest absolute Gasteiger partial charge is 0.497 e. The molecule has 1 N–H and O–H groups in total. The van der Waals surface area contributed by atoms with E-state index in [1.165, 1.54) is 12.0 Å². The van der Waals surface area contributed by atoms with E-state index in [4.69, 9.17) is 9.47 Å². The fourth-order valence-electron chi connectivity index (χ4n) is 2.75. The second-order valence-electron chi connectivity index (χ2n) is 5.36. The maximum absolute atomic E-state index is 12.5. The lowest BCUT2D eigenvalue weighted by molar-refractivity contribution is -0.134. The van der Waals surface area contributed by atoms with Crippen LogP contribution in [0, 0.1) is 0 Å². The van der Waals surface area contributed by atoms with Crippen LogP contribution in [-0.2, 0) is 16.0 Å². The van der Waals surface area contributed by atoms with Crippen molar-refractivity contribution in [2.75, 3.05) is 31.0 Å². The Balaban J connectivity index is 1.77. The smallest absolute Gasteiger partial charge is 0.316 e. The van der Waals surface area contributed by atoms with E-state index in [0.29, 0.717) is 23.7 Å². The molecular weight excluding hydrogens is 308 g/mol. The van der Waals surface area contributed by atoms with E-state index in [1.807, 2.05) is 24.3 Å². The number of nitrogens with one attached hydrogen (secondary N) is 1. The molecule has 1 aliphatic rings. The summed E-state index contributed by atoms with van der Waals surface area (Å²) in [6.45, 7) is 0.505. The van der Waals surface area contributed by atoms with E-state index >= 15 is 0 Å². The standard InChI is InChI=1S/C18H18N2O4/c1-23-13-7-8-14(16(11-13)24-2)19-17(21)18(22)20-10-9-12-5-3-4-6-15(12)20/h3-8,11H,9-10H2,1-2H3,(H,19,21). The van der Waals surface area contributed by atoms with Crippen molar-refractivity contribution in [2.24, 2.45) is 0 Å². The third kappa shape index (κ3) is 2.90. The van der Waals surface area contributed by atoms with Crippen molar-refractivity contribution in [3.63, 3.8) is 0 Å². The van der Waals surface area contributed by atoms with Gasteiger partial charge < -0.3 is 19.7 Å². The number of para-hydroxylation sites is 1. The first-order valence-corrected chi connectivity index (χ1v) is 7.57. The Hall–Kier alpha value is -3.02. The first kappa shape index (κ1) is 15.9. The van der Waals surface area contributed by atoms with E-state index in [0.717, 1.165) is 17.7 Å². The van der Waals surface area contributed by atoms with Crippen LogP contribution in [0.2, 0.25) is 0 Å². The van der Waals surface area contributed by atoms with Gasteiger partial charge in [0, 0.05) is 18.3 Å². The average molecular weight is 326 g/mol. The van der Waals surface area contributed by atoms with Crippen LogP contribution >= 0.6 is 0 Å². The third-order valence-corrected chi connectivity index (χ3v) is 3.98. The van der Waals surface area contributed by atoms with Crippen molar-refractivity contribution in [3.8, 4) is 11.5 Å². The van der Waals surface area contributed by atoms with E-state index in [2.05, 4.69) is 5.32 Å². The molecule has 2 aromatic carbocycles. The highest BCUT2D eigenvalue weighted by molar-refractivity contribution is 6.44. The second kappa shape index (κ2) is 6.62. The number of hydrogen-bond acceptors (Lipinski definition) is 4. The summed E-state index contributed by atoms with van der Waals surface area (Å²) in [7, 11) is 3.03. The lowest BCUT2D eigenvalue weighted by Crippen LogP contribution is -2.38. The molecule has 6 heteroatoms. The summed E-state index contributed by atoms with van der Waals surface area (Å²) in [6, 6.07) is 12.6. The van der Waals surface area contributed by atoms with Crippen LogP contribution in [0.1, 0.15) is 5.56 Å². The van der Waals surface area contributed by atoms with Gasteiger partial charge in [-0.05, 0) is 30.2 Å². The molecule has 1 heterocycles. The molecule has 0 fully saturated rings. The Bertz CT molecular complexity index is 788. The minimum absolute atomic E-state index is 0.420. The fourth-order valence-corrected chi connectivity index (χ4v) is 2.75. The summed E-state index contributed by atoms with van der Waals surface area (Å²) in [4.78, 5) is 26.3. The molecular formula is C18H18N2O4. The van der Waals surface area contributed by atoms with Crippen LogP contribution in [0.25, 0.3) is 0 Å². The van der Waals surface area contributed by atoms with E-state index in [1.54, 1.807) is 25.3 Å². The number of methoxy groups -OCH3 is 2. The first-order chi connectivity index (χ1) is 11.6. The number of benzene rings is 2. The van der Waals surface area contributed by atoms with Crippen molar-refractivity contribution in [1.82, 2.24) is 0 Å². The van der Waals surface area contributed by atoms with Gasteiger partial charge in [0.25, 0.3) is 0 Å². The van der Waals surface area contributed by atoms with Gasteiger partial charge in [0.1, 0.15) is 11.5 Å². The van der Waals surface area contributed by atoms with Crippen molar-refractivity contribution in [3.05, 3.63) is 48.0 Å². The van der Waals surface area contributed by atoms with Gasteiger partial charge in [0.2, 0.25) is 0 Å². The normalized spacial score (nSPS) is 12.5. The monoisotopic (exact) mass is 326 g/mol. The summed E-state index contributed by atoms with van der Waals surface area (Å²) in [5.74, 6) is -0.255. The van der Waals surface area contributed by atoms with Gasteiger partial charge in [-0.1, -0.05) is 18.2 Å². The lowest BCUT2D eigenvalue weighted by Gasteiger charge is -2.17. The zero-order valence-electron chi connectivity index (χ0n) is 13.5. The van der Waals surface area contributed by atoms with Crippen molar-refractivity contribution < 1.29 is 19.1 Å². The van der Waals surface area contributed by atoms with E-state index < -0.39 is 11.8 Å². The minimum atomic E-state index is -0.699. The Kier molecular flexibility index (Phi) is 4.37. The summed E-state index contributed by atoms with van der Waals surface area (Å²) in [6.07, 6.45) is 0.751. The number of ether oxygens (including phenoxy) is 2. The topological polar surface area (TPSA) is 67.9 Å². The van der Waals surface area contributed by atoms with Gasteiger partial charge in [0.05, 0.1) is 19.9 Å². The Morgan fingerprint density at radius 3 is 2.62 bits per heavy atom. The van der Waals surface area contributed by atoms with Gasteiger partial charge in [-0.3, -0.25) is 9.59 Å². The lowest BCUT2D eigenvalue weighted by atomic mass is 10.2. The van der Waals surface area contributed by atoms with Crippen molar-refractivity contribution in [2.45, 2.75) is 6.42 Å². The minimum Gasteiger partial charge on any atom is -0.497 e. The van der Waals surface area contributed by atoms with Gasteiger partial charge in [-0.15, -0.1) is 0 Å². The highest BCUT2D eigenvalue weighted by Crippen LogP contribution is 2.30. The summed E-state index contributed by atoms with van der Waals surface area (Å²) < 4.78 is 10.3. The highest BCUT2D eigenvalue weighted by atomic mass is 16.5.